The second kappa shape index (κ2) is 6.80. The highest BCUT2D eigenvalue weighted by atomic mass is 16.4. The molecule has 2 aliphatic rings. The first-order valence-electron chi connectivity index (χ1n) is 9.53. The van der Waals surface area contributed by atoms with Crippen LogP contribution in [0.15, 0.2) is 28.7 Å². The number of furan rings is 1. The fraction of sp³-hybridized carbons (Fsp3) is 0.409. The number of anilines is 2. The topological polar surface area (TPSA) is 56.9 Å². The van der Waals surface area contributed by atoms with Gasteiger partial charge in [-0.05, 0) is 48.6 Å². The van der Waals surface area contributed by atoms with Crippen LogP contribution in [0, 0.1) is 0 Å². The minimum atomic E-state index is -0.959. The Labute approximate surface area is 159 Å². The Morgan fingerprint density at radius 2 is 2.11 bits per heavy atom. The smallest absolute Gasteiger partial charge is 0.328 e. The lowest BCUT2D eigenvalue weighted by Gasteiger charge is -2.27. The van der Waals surface area contributed by atoms with E-state index in [9.17, 15) is 4.79 Å². The molecular weight excluding hydrogens is 340 g/mol. The van der Waals surface area contributed by atoms with E-state index in [1.54, 1.807) is 6.08 Å². The van der Waals surface area contributed by atoms with Crippen LogP contribution in [0.25, 0.3) is 6.08 Å². The van der Waals surface area contributed by atoms with Crippen molar-refractivity contribution in [3.05, 3.63) is 52.5 Å². The van der Waals surface area contributed by atoms with E-state index in [0.29, 0.717) is 11.7 Å². The lowest BCUT2D eigenvalue weighted by atomic mass is 9.81. The molecule has 4 rings (SSSR count). The first-order valence-corrected chi connectivity index (χ1v) is 9.53. The lowest BCUT2D eigenvalue weighted by molar-refractivity contribution is -0.131. The minimum Gasteiger partial charge on any atom is -0.478 e. The van der Waals surface area contributed by atoms with Crippen molar-refractivity contribution in [3.63, 3.8) is 0 Å². The number of carboxylic acids is 1. The quantitative estimate of drug-likeness (QED) is 0.832. The van der Waals surface area contributed by atoms with Gasteiger partial charge in [0.1, 0.15) is 11.5 Å². The molecular formula is C22H26N2O3. The van der Waals surface area contributed by atoms with Gasteiger partial charge in [0.2, 0.25) is 0 Å². The van der Waals surface area contributed by atoms with Gasteiger partial charge in [0, 0.05) is 51.7 Å². The van der Waals surface area contributed by atoms with E-state index >= 15 is 0 Å². The Kier molecular flexibility index (Phi) is 4.46. The summed E-state index contributed by atoms with van der Waals surface area (Å²) in [7, 11) is 6.36. The molecule has 1 unspecified atom stereocenters. The normalized spacial score (nSPS) is 18.6. The number of aryl methyl sites for hydroxylation is 1. The molecule has 0 spiro atoms. The molecule has 0 radical (unpaired) electrons. The van der Waals surface area contributed by atoms with Gasteiger partial charge in [-0.2, -0.15) is 0 Å². The summed E-state index contributed by atoms with van der Waals surface area (Å²) in [6.07, 6.45) is 6.85. The van der Waals surface area contributed by atoms with E-state index in [1.165, 1.54) is 28.1 Å². The number of nitrogens with zero attached hydrogens (tertiary/aromatic N) is 2. The van der Waals surface area contributed by atoms with E-state index in [-0.39, 0.29) is 0 Å². The third kappa shape index (κ3) is 3.22. The predicted molar refractivity (Wildman–Crippen MR) is 108 cm³/mol. The monoisotopic (exact) mass is 366 g/mol. The Morgan fingerprint density at radius 1 is 1.30 bits per heavy atom. The highest BCUT2D eigenvalue weighted by Crippen LogP contribution is 2.44. The molecule has 1 atom stereocenters. The maximum Gasteiger partial charge on any atom is 0.328 e. The van der Waals surface area contributed by atoms with Crippen LogP contribution in [0.2, 0.25) is 0 Å². The molecule has 1 N–H and O–H groups in total. The van der Waals surface area contributed by atoms with Crippen molar-refractivity contribution in [2.75, 3.05) is 37.5 Å². The van der Waals surface area contributed by atoms with Gasteiger partial charge >= 0.3 is 5.97 Å². The third-order valence-corrected chi connectivity index (χ3v) is 5.70. The van der Waals surface area contributed by atoms with Crippen molar-refractivity contribution in [1.29, 1.82) is 0 Å². The molecule has 0 amide bonds. The second-order valence-electron chi connectivity index (χ2n) is 7.76. The fourth-order valence-corrected chi connectivity index (χ4v) is 4.43. The van der Waals surface area contributed by atoms with Crippen molar-refractivity contribution < 1.29 is 14.3 Å². The maximum absolute atomic E-state index is 10.8. The van der Waals surface area contributed by atoms with Gasteiger partial charge in [-0.1, -0.05) is 6.07 Å². The standard InChI is InChI=1S/C22H26N2O3/c1-23(2)19-12-15(11-14-9-10-24(3)22(14)19)17-5-4-6-20-18(17)13-16(27-20)7-8-21(25)26/h7-8,11-13,17H,4-6,9-10H2,1-3H3,(H,25,26)/b8-7+. The van der Waals surface area contributed by atoms with Crippen LogP contribution in [-0.2, 0) is 17.6 Å². The summed E-state index contributed by atoms with van der Waals surface area (Å²) in [6, 6.07) is 6.71. The summed E-state index contributed by atoms with van der Waals surface area (Å²) in [5.74, 6) is 0.974. The highest BCUT2D eigenvalue weighted by Gasteiger charge is 2.29. The molecule has 0 fully saturated rings. The van der Waals surface area contributed by atoms with Gasteiger partial charge in [-0.3, -0.25) is 0 Å². The Hall–Kier alpha value is -2.69. The molecule has 0 saturated carbocycles. The number of benzene rings is 1. The summed E-state index contributed by atoms with van der Waals surface area (Å²) in [5.41, 5.74) is 6.58. The summed E-state index contributed by atoms with van der Waals surface area (Å²) >= 11 is 0. The molecule has 2 aromatic rings. The molecule has 0 bridgehead atoms. The van der Waals surface area contributed by atoms with Crippen LogP contribution in [0.5, 0.6) is 0 Å². The third-order valence-electron chi connectivity index (χ3n) is 5.70. The fourth-order valence-electron chi connectivity index (χ4n) is 4.43. The molecule has 0 saturated heterocycles. The van der Waals surface area contributed by atoms with E-state index in [1.807, 2.05) is 6.07 Å². The number of carbonyl (C=O) groups is 1. The predicted octanol–water partition coefficient (Wildman–Crippen LogP) is 3.90. The van der Waals surface area contributed by atoms with Crippen molar-refractivity contribution in [2.24, 2.45) is 0 Å². The SMILES string of the molecule is CN(C)c1cc(C2CCCc3oc(/C=C/C(=O)O)cc32)cc2c1N(C)CC2. The van der Waals surface area contributed by atoms with Crippen molar-refractivity contribution in [3.8, 4) is 0 Å². The Morgan fingerprint density at radius 3 is 2.85 bits per heavy atom. The first kappa shape index (κ1) is 17.7. The number of hydrogen-bond acceptors (Lipinski definition) is 4. The number of hydrogen-bond donors (Lipinski definition) is 1. The number of rotatable bonds is 4. The van der Waals surface area contributed by atoms with Crippen LogP contribution >= 0.6 is 0 Å². The van der Waals surface area contributed by atoms with Crippen LogP contribution < -0.4 is 9.80 Å². The van der Waals surface area contributed by atoms with Gasteiger partial charge in [0.15, 0.2) is 0 Å². The zero-order valence-corrected chi connectivity index (χ0v) is 16.2. The molecule has 27 heavy (non-hydrogen) atoms. The molecule has 1 aliphatic heterocycles. The van der Waals surface area contributed by atoms with E-state index in [4.69, 9.17) is 9.52 Å². The van der Waals surface area contributed by atoms with Crippen molar-refractivity contribution in [2.45, 2.75) is 31.6 Å². The molecule has 142 valence electrons. The summed E-state index contributed by atoms with van der Waals surface area (Å²) in [6.45, 7) is 1.06. The molecule has 1 aliphatic carbocycles. The van der Waals surface area contributed by atoms with Crippen LogP contribution in [0.4, 0.5) is 11.4 Å². The van der Waals surface area contributed by atoms with Crippen LogP contribution in [0.1, 0.15) is 47.0 Å². The molecule has 1 aromatic heterocycles. The van der Waals surface area contributed by atoms with Crippen molar-refractivity contribution >= 4 is 23.4 Å². The van der Waals surface area contributed by atoms with E-state index in [0.717, 1.165) is 44.1 Å². The highest BCUT2D eigenvalue weighted by molar-refractivity contribution is 5.84. The Bertz CT molecular complexity index is 911. The molecule has 2 heterocycles. The van der Waals surface area contributed by atoms with Crippen LogP contribution in [0.3, 0.4) is 0 Å². The first-order chi connectivity index (χ1) is 12.9. The van der Waals surface area contributed by atoms with E-state index in [2.05, 4.69) is 43.1 Å². The molecule has 5 nitrogen and oxygen atoms in total. The van der Waals surface area contributed by atoms with Gasteiger partial charge in [-0.25, -0.2) is 4.79 Å². The summed E-state index contributed by atoms with van der Waals surface area (Å²) < 4.78 is 5.93. The maximum atomic E-state index is 10.8. The lowest BCUT2D eigenvalue weighted by Crippen LogP contribution is -2.18. The molecule has 5 heteroatoms. The number of likely N-dealkylation sites (N-methyl/N-ethyl adjacent to an activating group) is 1. The van der Waals surface area contributed by atoms with Crippen molar-refractivity contribution in [1.82, 2.24) is 0 Å². The van der Waals surface area contributed by atoms with E-state index < -0.39 is 5.97 Å². The zero-order valence-electron chi connectivity index (χ0n) is 16.2. The van der Waals surface area contributed by atoms with Crippen LogP contribution in [-0.4, -0.2) is 38.8 Å². The minimum absolute atomic E-state index is 0.305. The second-order valence-corrected chi connectivity index (χ2v) is 7.76. The van der Waals surface area contributed by atoms with Gasteiger partial charge in [0.25, 0.3) is 0 Å². The average Bonchev–Trinajstić information content (AvgIpc) is 3.22. The Balaban J connectivity index is 1.76. The number of aliphatic carboxylic acids is 1. The number of fused-ring (bicyclic) bond motifs is 2. The summed E-state index contributed by atoms with van der Waals surface area (Å²) in [4.78, 5) is 15.3. The number of carboxylic acid groups (broad SMARTS) is 1. The average molecular weight is 366 g/mol. The van der Waals surface area contributed by atoms with Gasteiger partial charge < -0.3 is 19.3 Å². The largest absolute Gasteiger partial charge is 0.478 e. The molecule has 1 aromatic carbocycles. The van der Waals surface area contributed by atoms with Gasteiger partial charge in [0.05, 0.1) is 11.4 Å². The zero-order chi connectivity index (χ0) is 19.1. The summed E-state index contributed by atoms with van der Waals surface area (Å²) in [5, 5.41) is 8.86. The van der Waals surface area contributed by atoms with Gasteiger partial charge in [-0.15, -0.1) is 0 Å².